The number of carbonyl (C=O) groups excluding carboxylic acids is 1. The molecular formula is C17H17F2NO3. The van der Waals surface area contributed by atoms with Crippen LogP contribution in [0.2, 0.25) is 0 Å². The van der Waals surface area contributed by atoms with Gasteiger partial charge in [0.2, 0.25) is 0 Å². The number of hydrogen-bond donors (Lipinski definition) is 2. The number of benzene rings is 2. The van der Waals surface area contributed by atoms with Crippen molar-refractivity contribution in [3.05, 3.63) is 65.2 Å². The Morgan fingerprint density at radius 2 is 1.83 bits per heavy atom. The van der Waals surface area contributed by atoms with Crippen LogP contribution in [-0.2, 0) is 0 Å². The summed E-state index contributed by atoms with van der Waals surface area (Å²) in [5.41, 5.74) is 0.859. The Balaban J connectivity index is 1.81. The first-order valence-corrected chi connectivity index (χ1v) is 7.06. The molecule has 0 aliphatic rings. The molecule has 4 nitrogen and oxygen atoms in total. The molecule has 0 fully saturated rings. The van der Waals surface area contributed by atoms with E-state index in [1.807, 2.05) is 0 Å². The summed E-state index contributed by atoms with van der Waals surface area (Å²) in [5.74, 6) is -0.933. The molecule has 0 saturated heterocycles. The molecule has 0 spiro atoms. The minimum atomic E-state index is -0.946. The molecule has 122 valence electrons. The third kappa shape index (κ3) is 5.03. The number of aliphatic hydroxyl groups is 1. The van der Waals surface area contributed by atoms with E-state index in [4.69, 9.17) is 4.74 Å². The minimum Gasteiger partial charge on any atom is -0.491 e. The van der Waals surface area contributed by atoms with Gasteiger partial charge in [0.15, 0.2) is 0 Å². The second kappa shape index (κ2) is 7.69. The van der Waals surface area contributed by atoms with Gasteiger partial charge in [0.25, 0.3) is 5.91 Å². The Hall–Kier alpha value is -2.47. The van der Waals surface area contributed by atoms with Gasteiger partial charge in [-0.15, -0.1) is 0 Å². The van der Waals surface area contributed by atoms with E-state index in [2.05, 4.69) is 5.32 Å². The molecule has 1 unspecified atom stereocenters. The van der Waals surface area contributed by atoms with Crippen molar-refractivity contribution in [1.29, 1.82) is 0 Å². The lowest BCUT2D eigenvalue weighted by Gasteiger charge is -2.14. The van der Waals surface area contributed by atoms with E-state index in [0.29, 0.717) is 11.3 Å². The van der Waals surface area contributed by atoms with Gasteiger partial charge < -0.3 is 15.2 Å². The lowest BCUT2D eigenvalue weighted by molar-refractivity contribution is 0.0843. The maximum Gasteiger partial charge on any atom is 0.251 e. The summed E-state index contributed by atoms with van der Waals surface area (Å²) in [6, 6.07) is 9.31. The summed E-state index contributed by atoms with van der Waals surface area (Å²) in [6.45, 7) is 1.59. The van der Waals surface area contributed by atoms with E-state index in [-0.39, 0.29) is 24.5 Å². The Bertz CT molecular complexity index is 674. The third-order valence-corrected chi connectivity index (χ3v) is 3.20. The van der Waals surface area contributed by atoms with Gasteiger partial charge in [0.05, 0.1) is 0 Å². The average Bonchev–Trinajstić information content (AvgIpc) is 2.54. The number of nitrogens with one attached hydrogen (secondary N) is 1. The molecule has 0 aliphatic heterocycles. The molecule has 0 bridgehead atoms. The van der Waals surface area contributed by atoms with Gasteiger partial charge in [-0.25, -0.2) is 8.78 Å². The van der Waals surface area contributed by atoms with Gasteiger partial charge in [-0.05, 0) is 48.9 Å². The van der Waals surface area contributed by atoms with Crippen LogP contribution in [-0.4, -0.2) is 30.3 Å². The van der Waals surface area contributed by atoms with Crippen LogP contribution in [0, 0.1) is 18.6 Å². The summed E-state index contributed by atoms with van der Waals surface area (Å²) in [7, 11) is 0. The number of amides is 1. The number of carbonyl (C=O) groups is 1. The molecule has 0 aromatic heterocycles. The van der Waals surface area contributed by atoms with Crippen molar-refractivity contribution in [3.8, 4) is 5.75 Å². The summed E-state index contributed by atoms with van der Waals surface area (Å²) in [6.07, 6.45) is -0.946. The largest absolute Gasteiger partial charge is 0.491 e. The van der Waals surface area contributed by atoms with Crippen LogP contribution in [0.1, 0.15) is 15.9 Å². The number of rotatable bonds is 6. The SMILES string of the molecule is Cc1ccc(F)cc1C(=O)NCC(O)COc1ccc(F)cc1. The Labute approximate surface area is 132 Å². The van der Waals surface area contributed by atoms with Gasteiger partial charge in [-0.3, -0.25) is 4.79 Å². The Kier molecular flexibility index (Phi) is 5.65. The van der Waals surface area contributed by atoms with E-state index in [1.165, 1.54) is 36.4 Å². The number of aliphatic hydroxyl groups excluding tert-OH is 1. The molecule has 2 aromatic carbocycles. The number of hydrogen-bond acceptors (Lipinski definition) is 3. The standard InChI is InChI=1S/C17H17F2NO3/c1-11-2-3-13(19)8-16(11)17(22)20-9-14(21)10-23-15-6-4-12(18)5-7-15/h2-8,14,21H,9-10H2,1H3,(H,20,22). The van der Waals surface area contributed by atoms with E-state index >= 15 is 0 Å². The van der Waals surface area contributed by atoms with Gasteiger partial charge in [0, 0.05) is 12.1 Å². The predicted octanol–water partition coefficient (Wildman–Crippen LogP) is 2.44. The predicted molar refractivity (Wildman–Crippen MR) is 81.4 cm³/mol. The van der Waals surface area contributed by atoms with E-state index < -0.39 is 17.8 Å². The molecule has 23 heavy (non-hydrogen) atoms. The highest BCUT2D eigenvalue weighted by atomic mass is 19.1. The lowest BCUT2D eigenvalue weighted by atomic mass is 10.1. The molecular weight excluding hydrogens is 304 g/mol. The van der Waals surface area contributed by atoms with Crippen LogP contribution in [0.25, 0.3) is 0 Å². The lowest BCUT2D eigenvalue weighted by Crippen LogP contribution is -2.35. The molecule has 0 aliphatic carbocycles. The van der Waals surface area contributed by atoms with Crippen molar-refractivity contribution in [2.24, 2.45) is 0 Å². The molecule has 0 radical (unpaired) electrons. The molecule has 2 rings (SSSR count). The smallest absolute Gasteiger partial charge is 0.251 e. The molecule has 6 heteroatoms. The number of halogens is 2. The maximum absolute atomic E-state index is 13.2. The second-order valence-corrected chi connectivity index (χ2v) is 5.09. The van der Waals surface area contributed by atoms with Crippen molar-refractivity contribution in [2.45, 2.75) is 13.0 Å². The molecule has 0 heterocycles. The van der Waals surface area contributed by atoms with E-state index in [9.17, 15) is 18.7 Å². The highest BCUT2D eigenvalue weighted by molar-refractivity contribution is 5.95. The van der Waals surface area contributed by atoms with Gasteiger partial charge in [-0.2, -0.15) is 0 Å². The molecule has 0 saturated carbocycles. The Morgan fingerprint density at radius 3 is 2.52 bits per heavy atom. The number of ether oxygens (including phenoxy) is 1. The van der Waals surface area contributed by atoms with Crippen molar-refractivity contribution in [1.82, 2.24) is 5.32 Å². The quantitative estimate of drug-likeness (QED) is 0.859. The topological polar surface area (TPSA) is 58.6 Å². The van der Waals surface area contributed by atoms with Crippen LogP contribution in [0.3, 0.4) is 0 Å². The van der Waals surface area contributed by atoms with Crippen molar-refractivity contribution < 1.29 is 23.4 Å². The monoisotopic (exact) mass is 321 g/mol. The molecule has 2 aromatic rings. The first-order valence-electron chi connectivity index (χ1n) is 7.06. The van der Waals surface area contributed by atoms with Crippen LogP contribution >= 0.6 is 0 Å². The fourth-order valence-corrected chi connectivity index (χ4v) is 1.93. The normalized spacial score (nSPS) is 11.8. The van der Waals surface area contributed by atoms with E-state index in [1.54, 1.807) is 6.92 Å². The number of aryl methyl sites for hydroxylation is 1. The van der Waals surface area contributed by atoms with Crippen LogP contribution < -0.4 is 10.1 Å². The fraction of sp³-hybridized carbons (Fsp3) is 0.235. The zero-order chi connectivity index (χ0) is 16.8. The summed E-state index contributed by atoms with van der Waals surface area (Å²) in [5, 5.41) is 12.3. The minimum absolute atomic E-state index is 0.0457. The van der Waals surface area contributed by atoms with Gasteiger partial charge >= 0.3 is 0 Å². The fourth-order valence-electron chi connectivity index (χ4n) is 1.93. The first kappa shape index (κ1) is 16.9. The first-order chi connectivity index (χ1) is 11.0. The summed E-state index contributed by atoms with van der Waals surface area (Å²) in [4.78, 5) is 12.0. The van der Waals surface area contributed by atoms with Crippen molar-refractivity contribution in [3.63, 3.8) is 0 Å². The third-order valence-electron chi connectivity index (χ3n) is 3.20. The molecule has 1 atom stereocenters. The van der Waals surface area contributed by atoms with Gasteiger partial charge in [-0.1, -0.05) is 6.07 Å². The highest BCUT2D eigenvalue weighted by Crippen LogP contribution is 2.12. The van der Waals surface area contributed by atoms with Gasteiger partial charge in [0.1, 0.15) is 30.1 Å². The molecule has 1 amide bonds. The van der Waals surface area contributed by atoms with Crippen LogP contribution in [0.5, 0.6) is 5.75 Å². The Morgan fingerprint density at radius 1 is 1.17 bits per heavy atom. The highest BCUT2D eigenvalue weighted by Gasteiger charge is 2.12. The molecule has 2 N–H and O–H groups in total. The van der Waals surface area contributed by atoms with Crippen LogP contribution in [0.4, 0.5) is 8.78 Å². The maximum atomic E-state index is 13.2. The zero-order valence-electron chi connectivity index (χ0n) is 12.6. The average molecular weight is 321 g/mol. The summed E-state index contributed by atoms with van der Waals surface area (Å²) < 4.78 is 31.2. The van der Waals surface area contributed by atoms with E-state index in [0.717, 1.165) is 6.07 Å². The summed E-state index contributed by atoms with van der Waals surface area (Å²) >= 11 is 0. The van der Waals surface area contributed by atoms with Crippen molar-refractivity contribution >= 4 is 5.91 Å². The van der Waals surface area contributed by atoms with Crippen molar-refractivity contribution in [2.75, 3.05) is 13.2 Å². The second-order valence-electron chi connectivity index (χ2n) is 5.09. The van der Waals surface area contributed by atoms with Crippen LogP contribution in [0.15, 0.2) is 42.5 Å². The zero-order valence-corrected chi connectivity index (χ0v) is 12.6.